The third-order valence-electron chi connectivity index (χ3n) is 6.35. The Morgan fingerprint density at radius 2 is 1.93 bits per heavy atom. The average Bonchev–Trinajstić information content (AvgIpc) is 3.10. The molecule has 1 aliphatic heterocycles. The van der Waals surface area contributed by atoms with Crippen molar-refractivity contribution in [2.45, 2.75) is 71.6 Å². The second-order valence-electron chi connectivity index (χ2n) is 7.88. The number of likely N-dealkylation sites (N-methyl/N-ethyl adjacent to an activating group) is 1. The van der Waals surface area contributed by atoms with Crippen LogP contribution in [0.4, 0.5) is 0 Å². The van der Waals surface area contributed by atoms with Gasteiger partial charge in [-0.25, -0.2) is 0 Å². The maximum absolute atomic E-state index is 10.3. The molecule has 0 spiro atoms. The minimum Gasteiger partial charge on any atom is -0.392 e. The van der Waals surface area contributed by atoms with Gasteiger partial charge in [-0.15, -0.1) is 0 Å². The first-order valence-electron chi connectivity index (χ1n) is 10.3. The van der Waals surface area contributed by atoms with Crippen molar-refractivity contribution in [2.24, 2.45) is 17.8 Å². The molecule has 0 saturated carbocycles. The van der Waals surface area contributed by atoms with E-state index in [2.05, 4.69) is 51.5 Å². The first-order valence-corrected chi connectivity index (χ1v) is 10.3. The van der Waals surface area contributed by atoms with E-state index in [0.717, 1.165) is 18.4 Å². The zero-order chi connectivity index (χ0) is 21.0. The number of carbonyl (C=O) groups excluding carboxylic acids is 1. The fourth-order valence-corrected chi connectivity index (χ4v) is 3.83. The second kappa shape index (κ2) is 14.1. The summed E-state index contributed by atoms with van der Waals surface area (Å²) in [6.07, 6.45) is 5.44. The van der Waals surface area contributed by atoms with E-state index in [0.29, 0.717) is 30.2 Å². The highest BCUT2D eigenvalue weighted by atomic mass is 16.5. The number of hydrogen-bond acceptors (Lipinski definition) is 5. The zero-order valence-corrected chi connectivity index (χ0v) is 19.0. The van der Waals surface area contributed by atoms with Crippen molar-refractivity contribution >= 4 is 6.29 Å². The van der Waals surface area contributed by atoms with E-state index in [9.17, 15) is 4.79 Å². The summed E-state index contributed by atoms with van der Waals surface area (Å²) in [5.74, 6) is 1.44. The van der Waals surface area contributed by atoms with Gasteiger partial charge < -0.3 is 24.5 Å². The summed E-state index contributed by atoms with van der Waals surface area (Å²) in [5, 5.41) is 3.12. The molecule has 1 saturated heterocycles. The highest BCUT2D eigenvalue weighted by molar-refractivity contribution is 5.50. The van der Waals surface area contributed by atoms with Crippen molar-refractivity contribution in [3.8, 4) is 0 Å². The molecule has 0 bridgehead atoms. The largest absolute Gasteiger partial charge is 0.392 e. The van der Waals surface area contributed by atoms with Crippen LogP contribution in [0.15, 0.2) is 12.3 Å². The number of nitrogens with one attached hydrogen (secondary N) is 1. The van der Waals surface area contributed by atoms with E-state index in [1.165, 1.54) is 19.4 Å². The lowest BCUT2D eigenvalue weighted by Gasteiger charge is -2.33. The van der Waals surface area contributed by atoms with E-state index in [1.807, 2.05) is 7.05 Å². The van der Waals surface area contributed by atoms with Gasteiger partial charge in [-0.3, -0.25) is 0 Å². The molecule has 1 fully saturated rings. The highest BCUT2D eigenvalue weighted by Gasteiger charge is 2.33. The third kappa shape index (κ3) is 8.32. The summed E-state index contributed by atoms with van der Waals surface area (Å²) in [5.41, 5.74) is 1.06. The van der Waals surface area contributed by atoms with Gasteiger partial charge in [0.15, 0.2) is 0 Å². The van der Waals surface area contributed by atoms with Crippen molar-refractivity contribution in [3.05, 3.63) is 12.3 Å². The molecule has 1 N–H and O–H groups in total. The van der Waals surface area contributed by atoms with Crippen molar-refractivity contribution in [1.29, 1.82) is 0 Å². The molecule has 5 heteroatoms. The van der Waals surface area contributed by atoms with Crippen molar-refractivity contribution in [1.82, 2.24) is 10.2 Å². The fraction of sp³-hybridized carbons (Fsp3) is 0.864. The quantitative estimate of drug-likeness (QED) is 0.550. The number of ether oxygens (including phenoxy) is 2. The van der Waals surface area contributed by atoms with Crippen LogP contribution in [0.25, 0.3) is 0 Å². The number of hydrogen-bond donors (Lipinski definition) is 1. The number of rotatable bonds is 11. The number of methoxy groups -OCH3 is 2. The highest BCUT2D eigenvalue weighted by Crippen LogP contribution is 2.26. The van der Waals surface area contributed by atoms with Gasteiger partial charge >= 0.3 is 0 Å². The maximum Gasteiger partial charge on any atom is 0.122 e. The van der Waals surface area contributed by atoms with Crippen LogP contribution >= 0.6 is 0 Å². The first kappa shape index (κ1) is 26.1. The first-order chi connectivity index (χ1) is 12.8. The zero-order valence-electron chi connectivity index (χ0n) is 19.0. The van der Waals surface area contributed by atoms with Crippen LogP contribution < -0.4 is 5.32 Å². The van der Waals surface area contributed by atoms with Crippen LogP contribution in [-0.2, 0) is 14.3 Å². The number of likely N-dealkylation sites (tertiary alicyclic amines) is 1. The van der Waals surface area contributed by atoms with Crippen LogP contribution in [0.1, 0.15) is 53.4 Å². The second-order valence-corrected chi connectivity index (χ2v) is 7.88. The van der Waals surface area contributed by atoms with Crippen LogP contribution in [0, 0.1) is 17.8 Å². The van der Waals surface area contributed by atoms with E-state index < -0.39 is 0 Å². The molecule has 0 aromatic heterocycles. The monoisotopic (exact) mass is 384 g/mol. The molecule has 6 atom stereocenters. The van der Waals surface area contributed by atoms with Gasteiger partial charge in [0.05, 0.1) is 12.2 Å². The summed E-state index contributed by atoms with van der Waals surface area (Å²) < 4.78 is 10.9. The third-order valence-corrected chi connectivity index (χ3v) is 6.35. The van der Waals surface area contributed by atoms with Crippen LogP contribution in [-0.4, -0.2) is 64.3 Å². The topological polar surface area (TPSA) is 50.8 Å². The van der Waals surface area contributed by atoms with Gasteiger partial charge in [0, 0.05) is 45.3 Å². The molecule has 6 unspecified atom stereocenters. The van der Waals surface area contributed by atoms with Gasteiger partial charge in [0.25, 0.3) is 0 Å². The Hall–Kier alpha value is -0.910. The summed E-state index contributed by atoms with van der Waals surface area (Å²) in [6, 6.07) is 0.537. The van der Waals surface area contributed by atoms with Crippen molar-refractivity contribution in [3.63, 3.8) is 0 Å². The van der Waals surface area contributed by atoms with Gasteiger partial charge in [0.2, 0.25) is 0 Å². The number of nitrogens with zero attached hydrogens (tertiary/aromatic N) is 1. The molecule has 5 nitrogen and oxygen atoms in total. The Balaban J connectivity index is 0.000000516. The number of aldehydes is 1. The lowest BCUT2D eigenvalue weighted by atomic mass is 9.87. The molecule has 0 aromatic rings. The van der Waals surface area contributed by atoms with Gasteiger partial charge in [-0.05, 0) is 38.3 Å². The molecule has 0 aromatic carbocycles. The Morgan fingerprint density at radius 1 is 1.30 bits per heavy atom. The Morgan fingerprint density at radius 3 is 2.30 bits per heavy atom. The Labute approximate surface area is 167 Å². The molecule has 0 amide bonds. The van der Waals surface area contributed by atoms with Gasteiger partial charge in [-0.1, -0.05) is 40.7 Å². The molecule has 27 heavy (non-hydrogen) atoms. The van der Waals surface area contributed by atoms with E-state index in [-0.39, 0.29) is 12.2 Å². The predicted octanol–water partition coefficient (Wildman–Crippen LogP) is 3.74. The summed E-state index contributed by atoms with van der Waals surface area (Å²) in [7, 11) is 7.58. The lowest BCUT2D eigenvalue weighted by Crippen LogP contribution is -2.43. The molecule has 1 aliphatic rings. The van der Waals surface area contributed by atoms with Gasteiger partial charge in [-0.2, -0.15) is 0 Å². The minimum absolute atomic E-state index is 0.0949. The van der Waals surface area contributed by atoms with Crippen LogP contribution in [0.3, 0.4) is 0 Å². The maximum atomic E-state index is 10.3. The fourth-order valence-electron chi connectivity index (χ4n) is 3.83. The van der Waals surface area contributed by atoms with Crippen LogP contribution in [0.2, 0.25) is 0 Å². The Bertz CT molecular complexity index is 416. The molecule has 0 aliphatic carbocycles. The minimum atomic E-state index is 0.0949. The average molecular weight is 385 g/mol. The SMILES string of the molecule is C=C(NC)C(C)C(OC)C1CCCN1C.CCC(C)C(C)C(CC=O)OC. The summed E-state index contributed by atoms with van der Waals surface area (Å²) in [6.45, 7) is 13.9. The van der Waals surface area contributed by atoms with Crippen molar-refractivity contribution in [2.75, 3.05) is 34.9 Å². The summed E-state index contributed by atoms with van der Waals surface area (Å²) >= 11 is 0. The van der Waals surface area contributed by atoms with Crippen molar-refractivity contribution < 1.29 is 14.3 Å². The normalized spacial score (nSPS) is 22.7. The predicted molar refractivity (Wildman–Crippen MR) is 114 cm³/mol. The summed E-state index contributed by atoms with van der Waals surface area (Å²) in [4.78, 5) is 12.7. The molecule has 0 radical (unpaired) electrons. The van der Waals surface area contributed by atoms with E-state index >= 15 is 0 Å². The lowest BCUT2D eigenvalue weighted by molar-refractivity contribution is -0.111. The molecular weight excluding hydrogens is 340 g/mol. The smallest absolute Gasteiger partial charge is 0.122 e. The molecule has 160 valence electrons. The molecule has 1 heterocycles. The molecule has 1 rings (SSSR count). The van der Waals surface area contributed by atoms with Gasteiger partial charge in [0.1, 0.15) is 6.29 Å². The Kier molecular flexibility index (Phi) is 13.7. The molecular formula is C22H44N2O3. The van der Waals surface area contributed by atoms with E-state index in [1.54, 1.807) is 14.2 Å². The standard InChI is InChI=1S/C12H24N2O.C10H20O2/c1-9(10(2)13-3)12(15-5)11-7-6-8-14(11)4;1-5-8(2)9(3)10(12-4)6-7-11/h9,11-13H,2,6-8H2,1,3-5H3;7-10H,5-6H2,1-4H3. The van der Waals surface area contributed by atoms with Crippen LogP contribution in [0.5, 0.6) is 0 Å². The number of carbonyl (C=O) groups is 1. The van der Waals surface area contributed by atoms with E-state index in [4.69, 9.17) is 9.47 Å².